The van der Waals surface area contributed by atoms with Crippen LogP contribution in [-0.2, 0) is 9.47 Å². The van der Waals surface area contributed by atoms with Crippen LogP contribution in [0.3, 0.4) is 0 Å². The fraction of sp³-hybridized carbons (Fsp3) is 0.400. The summed E-state index contributed by atoms with van der Waals surface area (Å²) >= 11 is 5.65. The maximum absolute atomic E-state index is 15.3. The van der Waals surface area contributed by atoms with Gasteiger partial charge in [0.1, 0.15) is 36.1 Å². The zero-order chi connectivity index (χ0) is 38.8. The van der Waals surface area contributed by atoms with Crippen LogP contribution in [0.15, 0.2) is 51.9 Å². The van der Waals surface area contributed by atoms with Crippen LogP contribution in [0.25, 0.3) is 33.4 Å². The van der Waals surface area contributed by atoms with Gasteiger partial charge in [-0.3, -0.25) is 9.79 Å². The predicted molar refractivity (Wildman–Crippen MR) is 179 cm³/mol. The highest BCUT2D eigenvalue weighted by Gasteiger charge is 2.29. The molecule has 1 amide bonds. The fourth-order valence-electron chi connectivity index (χ4n) is 5.23. The van der Waals surface area contributed by atoms with E-state index >= 15 is 8.78 Å². The maximum atomic E-state index is 15.3. The lowest BCUT2D eigenvalue weighted by molar-refractivity contribution is -0.118. The first kappa shape index (κ1) is 41.3. The first-order valence-electron chi connectivity index (χ1n) is 16.2. The van der Waals surface area contributed by atoms with Crippen molar-refractivity contribution in [3.8, 4) is 22.5 Å². The number of fused-ring (bicyclic) bond motifs is 2. The average molecular weight is 780 g/mol. The first-order valence-corrected chi connectivity index (χ1v) is 16.8. The van der Waals surface area contributed by atoms with Crippen molar-refractivity contribution in [3.05, 3.63) is 70.6 Å². The molecule has 0 spiro atoms. The number of ether oxygens (including phenoxy) is 2. The summed E-state index contributed by atoms with van der Waals surface area (Å²) in [5.41, 5.74) is -2.34. The van der Waals surface area contributed by atoms with Crippen LogP contribution in [0.4, 0.5) is 40.8 Å². The molecule has 1 aliphatic carbocycles. The van der Waals surface area contributed by atoms with Crippen molar-refractivity contribution in [2.75, 3.05) is 57.3 Å². The van der Waals surface area contributed by atoms with Gasteiger partial charge in [0.05, 0.1) is 36.4 Å². The Morgan fingerprint density at radius 1 is 0.830 bits per heavy atom. The van der Waals surface area contributed by atoms with Crippen LogP contribution >= 0.6 is 11.6 Å². The number of carbonyl (C=O) groups is 2. The molecule has 2 aromatic carbocycles. The minimum atomic E-state index is -4.80. The van der Waals surface area contributed by atoms with Gasteiger partial charge < -0.3 is 29.6 Å². The monoisotopic (exact) mass is 779 g/mol. The molecule has 0 bridgehead atoms. The number of hydrogen-bond donors (Lipinski definition) is 3. The number of carbonyl (C=O) groups excluding carboxylic acids is 1. The van der Waals surface area contributed by atoms with Gasteiger partial charge >= 0.3 is 18.3 Å². The van der Waals surface area contributed by atoms with E-state index in [2.05, 4.69) is 10.3 Å². The van der Waals surface area contributed by atoms with Gasteiger partial charge in [0.15, 0.2) is 0 Å². The van der Waals surface area contributed by atoms with E-state index in [1.807, 2.05) is 5.32 Å². The highest BCUT2D eigenvalue weighted by atomic mass is 35.5. The minimum absolute atomic E-state index is 0.0394. The van der Waals surface area contributed by atoms with E-state index in [-0.39, 0.29) is 58.7 Å². The molecule has 288 valence electrons. The van der Waals surface area contributed by atoms with Gasteiger partial charge in [-0.05, 0) is 48.7 Å². The van der Waals surface area contributed by atoms with Gasteiger partial charge in [0.25, 0.3) is 5.91 Å². The van der Waals surface area contributed by atoms with Crippen LogP contribution in [0.5, 0.6) is 0 Å². The third-order valence-electron chi connectivity index (χ3n) is 7.64. The number of amides is 1. The predicted octanol–water partition coefficient (Wildman–Crippen LogP) is 8.18. The molecule has 0 unspecified atom stereocenters. The van der Waals surface area contributed by atoms with Crippen molar-refractivity contribution in [2.45, 2.75) is 38.0 Å². The Morgan fingerprint density at radius 2 is 1.55 bits per heavy atom. The van der Waals surface area contributed by atoms with E-state index in [9.17, 15) is 41.0 Å². The van der Waals surface area contributed by atoms with Crippen molar-refractivity contribution in [1.82, 2.24) is 5.32 Å². The molecule has 1 heterocycles. The average Bonchev–Trinajstić information content (AvgIpc) is 3.08. The normalized spacial score (nSPS) is 12.5. The number of hydrogen-bond acceptors (Lipinski definition) is 7. The fourth-order valence-corrected chi connectivity index (χ4v) is 5.42. The molecule has 0 saturated heterocycles. The van der Waals surface area contributed by atoms with Crippen molar-refractivity contribution in [3.63, 3.8) is 0 Å². The quantitative estimate of drug-likeness (QED) is 0.0403. The van der Waals surface area contributed by atoms with E-state index in [1.54, 1.807) is 0 Å². The minimum Gasteiger partial charge on any atom is -0.478 e. The van der Waals surface area contributed by atoms with Gasteiger partial charge in [-0.25, -0.2) is 13.6 Å². The SMILES string of the molecule is O=C(NCCOCCOCCCCCCCl)c1ccc(C(=O)O)c(-c2c3cc(F)c(=NCC(F)(F)F)cc-3oc3cc(NCC(F)(F)F)c(F)cc23)c1. The summed E-state index contributed by atoms with van der Waals surface area (Å²) < 4.78 is 125. The topological polar surface area (TPSA) is 122 Å². The summed E-state index contributed by atoms with van der Waals surface area (Å²) in [5, 5.41) is 13.5. The summed E-state index contributed by atoms with van der Waals surface area (Å²) in [7, 11) is 0. The number of alkyl halides is 7. The lowest BCUT2D eigenvalue weighted by Gasteiger charge is -2.19. The van der Waals surface area contributed by atoms with E-state index in [0.29, 0.717) is 25.2 Å². The van der Waals surface area contributed by atoms with E-state index in [1.165, 1.54) is 6.07 Å². The number of halogens is 9. The Kier molecular flexibility index (Phi) is 14.4. The lowest BCUT2D eigenvalue weighted by Crippen LogP contribution is -2.27. The number of rotatable bonds is 18. The Labute approximate surface area is 302 Å². The maximum Gasteiger partial charge on any atom is 0.407 e. The number of unbranched alkanes of at least 4 members (excludes halogenated alkanes) is 3. The van der Waals surface area contributed by atoms with E-state index in [0.717, 1.165) is 56.0 Å². The largest absolute Gasteiger partial charge is 0.478 e. The number of carboxylic acid groups (broad SMARTS) is 1. The molecule has 0 saturated carbocycles. The van der Waals surface area contributed by atoms with Gasteiger partial charge in [-0.15, -0.1) is 11.6 Å². The van der Waals surface area contributed by atoms with Crippen LogP contribution < -0.4 is 16.0 Å². The number of carboxylic acids is 1. The zero-order valence-electron chi connectivity index (χ0n) is 27.9. The third kappa shape index (κ3) is 12.0. The molecule has 53 heavy (non-hydrogen) atoms. The standard InChI is InChI=1S/C35H34ClF8N3O6/c36-7-3-1-2-4-9-51-11-12-52-10-8-45-32(48)20-5-6-21(33(49)50)22(13-20)31-23-14-25(37)27(46-18-34(39,40)41)16-29(23)53-30-17-28(26(38)15-24(30)31)47-19-35(42,43)44/h5-6,13-17,46H,1-4,7-12,18-19H2,(H,45,48)(H,49,50). The van der Waals surface area contributed by atoms with Crippen molar-refractivity contribution in [2.24, 2.45) is 4.99 Å². The molecule has 18 heteroatoms. The highest BCUT2D eigenvalue weighted by Crippen LogP contribution is 2.43. The van der Waals surface area contributed by atoms with E-state index < -0.39 is 65.6 Å². The number of anilines is 1. The Balaban J connectivity index is 1.68. The van der Waals surface area contributed by atoms with Crippen LogP contribution in [-0.4, -0.2) is 81.3 Å². The third-order valence-corrected chi connectivity index (χ3v) is 7.91. The van der Waals surface area contributed by atoms with Gasteiger partial charge in [0.2, 0.25) is 0 Å². The first-order chi connectivity index (χ1) is 25.1. The second kappa shape index (κ2) is 18.5. The molecule has 9 nitrogen and oxygen atoms in total. The molecule has 0 aromatic heterocycles. The lowest BCUT2D eigenvalue weighted by atomic mass is 9.89. The van der Waals surface area contributed by atoms with Crippen molar-refractivity contribution in [1.29, 1.82) is 0 Å². The molecule has 2 aromatic rings. The molecule has 0 fully saturated rings. The molecule has 2 aliphatic rings. The smallest absolute Gasteiger partial charge is 0.407 e. The number of aromatic carboxylic acids is 1. The number of nitrogens with one attached hydrogen (secondary N) is 2. The highest BCUT2D eigenvalue weighted by molar-refractivity contribution is 6.17. The summed E-state index contributed by atoms with van der Waals surface area (Å²) in [4.78, 5) is 28.8. The summed E-state index contributed by atoms with van der Waals surface area (Å²) in [6.07, 6.45) is -5.69. The second-order valence-electron chi connectivity index (χ2n) is 11.7. The van der Waals surface area contributed by atoms with Crippen LogP contribution in [0.1, 0.15) is 46.4 Å². The van der Waals surface area contributed by atoms with Gasteiger partial charge in [0, 0.05) is 53.2 Å². The van der Waals surface area contributed by atoms with Gasteiger partial charge in [-0.1, -0.05) is 12.8 Å². The second-order valence-corrected chi connectivity index (χ2v) is 12.0. The van der Waals surface area contributed by atoms with Crippen molar-refractivity contribution >= 4 is 40.1 Å². The Hall–Kier alpha value is -4.48. The molecule has 4 rings (SSSR count). The zero-order valence-corrected chi connectivity index (χ0v) is 28.6. The number of nitrogens with zero attached hydrogens (tertiary/aromatic N) is 1. The Morgan fingerprint density at radius 3 is 2.23 bits per heavy atom. The van der Waals surface area contributed by atoms with Gasteiger partial charge in [-0.2, -0.15) is 26.3 Å². The molecule has 0 atom stereocenters. The van der Waals surface area contributed by atoms with E-state index in [4.69, 9.17) is 25.5 Å². The number of benzene rings is 3. The molecular weight excluding hydrogens is 746 g/mol. The summed E-state index contributed by atoms with van der Waals surface area (Å²) in [6, 6.07) is 6.44. The molecule has 3 N–H and O–H groups in total. The molecular formula is C35H34ClF8N3O6. The summed E-state index contributed by atoms with van der Waals surface area (Å²) in [5.74, 6) is -4.47. The molecule has 0 radical (unpaired) electrons. The summed E-state index contributed by atoms with van der Waals surface area (Å²) in [6.45, 7) is -2.09. The van der Waals surface area contributed by atoms with Crippen LogP contribution in [0.2, 0.25) is 0 Å². The molecule has 1 aliphatic heterocycles. The Bertz CT molecular complexity index is 1930. The van der Waals surface area contributed by atoms with Crippen LogP contribution in [0, 0.1) is 11.6 Å². The van der Waals surface area contributed by atoms with Crippen molar-refractivity contribution < 1.29 is 63.7 Å².